The highest BCUT2D eigenvalue weighted by Crippen LogP contribution is 2.33. The van der Waals surface area contributed by atoms with Gasteiger partial charge in [-0.05, 0) is 45.7 Å². The predicted octanol–water partition coefficient (Wildman–Crippen LogP) is 4.51. The van der Waals surface area contributed by atoms with Gasteiger partial charge in [-0.3, -0.25) is 0 Å². The standard InChI is InChI=1S/C33H35NO6/c35-30-20-34(33(36)37)21-31(40-23-25-11-12-26-9-4-5-10-28(26)19-25)32(30)27-13-15-29(16-14-27)39-18-6-17-38-22-24-7-2-1-3-8-24/h1-5,7-16,19,30-32,35H,6,17-18,20-23H2,(H,36,37)/p-1. The van der Waals surface area contributed by atoms with Crippen molar-refractivity contribution in [3.05, 3.63) is 114 Å². The second kappa shape index (κ2) is 13.4. The molecule has 40 heavy (non-hydrogen) atoms. The molecule has 3 unspecified atom stereocenters. The van der Waals surface area contributed by atoms with Crippen LogP contribution in [0.25, 0.3) is 10.8 Å². The fourth-order valence-corrected chi connectivity index (χ4v) is 5.17. The summed E-state index contributed by atoms with van der Waals surface area (Å²) in [5.74, 6) is 0.332. The second-order valence-corrected chi connectivity index (χ2v) is 10.1. The molecule has 1 heterocycles. The lowest BCUT2D eigenvalue weighted by atomic mass is 9.84. The minimum absolute atomic E-state index is 0.0237. The number of carboxylic acid groups (broad SMARTS) is 1. The van der Waals surface area contributed by atoms with E-state index in [1.54, 1.807) is 0 Å². The number of carbonyl (C=O) groups excluding carboxylic acids is 1. The average Bonchev–Trinajstić information content (AvgIpc) is 2.98. The van der Waals surface area contributed by atoms with E-state index in [1.807, 2.05) is 84.9 Å². The topological polar surface area (TPSA) is 91.3 Å². The number of aliphatic hydroxyl groups is 1. The van der Waals surface area contributed by atoms with Crippen LogP contribution in [0.2, 0.25) is 0 Å². The zero-order valence-electron chi connectivity index (χ0n) is 22.4. The summed E-state index contributed by atoms with van der Waals surface area (Å²) in [4.78, 5) is 12.7. The summed E-state index contributed by atoms with van der Waals surface area (Å²) >= 11 is 0. The van der Waals surface area contributed by atoms with Crippen molar-refractivity contribution in [1.82, 2.24) is 4.90 Å². The Kier molecular flexibility index (Phi) is 9.29. The molecule has 0 spiro atoms. The van der Waals surface area contributed by atoms with Crippen molar-refractivity contribution in [3.8, 4) is 5.75 Å². The van der Waals surface area contributed by atoms with Crippen molar-refractivity contribution in [2.24, 2.45) is 0 Å². The Morgan fingerprint density at radius 2 is 1.57 bits per heavy atom. The maximum Gasteiger partial charge on any atom is 0.137 e. The molecule has 3 atom stereocenters. The SMILES string of the molecule is O=C([O-])N1CC(O)C(c2ccc(OCCCOCc3ccccc3)cc2)C(OCc2ccc3ccccc3c2)C1. The van der Waals surface area contributed by atoms with Crippen molar-refractivity contribution < 1.29 is 29.2 Å². The summed E-state index contributed by atoms with van der Waals surface area (Å²) in [6.07, 6.45) is -2.02. The maximum absolute atomic E-state index is 11.6. The summed E-state index contributed by atoms with van der Waals surface area (Å²) in [6, 6.07) is 31.8. The Labute approximate surface area is 234 Å². The average molecular weight is 541 g/mol. The van der Waals surface area contributed by atoms with E-state index in [0.717, 1.165) is 44.5 Å². The number of hydrogen-bond donors (Lipinski definition) is 1. The first-order chi connectivity index (χ1) is 19.6. The molecule has 1 amide bonds. The fraction of sp³-hybridized carbons (Fsp3) is 0.303. The van der Waals surface area contributed by atoms with Crippen LogP contribution < -0.4 is 9.84 Å². The third-order valence-corrected chi connectivity index (χ3v) is 7.24. The summed E-state index contributed by atoms with van der Waals surface area (Å²) in [7, 11) is 0. The van der Waals surface area contributed by atoms with E-state index in [0.29, 0.717) is 26.4 Å². The van der Waals surface area contributed by atoms with E-state index < -0.39 is 24.2 Å². The van der Waals surface area contributed by atoms with Gasteiger partial charge in [0.2, 0.25) is 0 Å². The molecular weight excluding hydrogens is 506 g/mol. The lowest BCUT2D eigenvalue weighted by Crippen LogP contribution is -2.56. The Morgan fingerprint density at radius 1 is 0.825 bits per heavy atom. The van der Waals surface area contributed by atoms with Gasteiger partial charge in [0, 0.05) is 25.4 Å². The molecule has 1 saturated heterocycles. The van der Waals surface area contributed by atoms with Crippen LogP contribution in [-0.2, 0) is 22.7 Å². The molecule has 0 aromatic heterocycles. The number of β-amino-alcohol motifs (C(OH)–C–C–N with tert-alkyl or cyclic N) is 1. The Morgan fingerprint density at radius 3 is 2.35 bits per heavy atom. The van der Waals surface area contributed by atoms with Crippen LogP contribution in [0.3, 0.4) is 0 Å². The molecule has 4 aromatic carbocycles. The van der Waals surface area contributed by atoms with Crippen molar-refractivity contribution in [3.63, 3.8) is 0 Å². The first-order valence-corrected chi connectivity index (χ1v) is 13.6. The van der Waals surface area contributed by atoms with Crippen LogP contribution in [0.4, 0.5) is 4.79 Å². The van der Waals surface area contributed by atoms with Gasteiger partial charge < -0.3 is 34.1 Å². The number of amides is 1. The van der Waals surface area contributed by atoms with E-state index in [2.05, 4.69) is 12.1 Å². The van der Waals surface area contributed by atoms with E-state index in [4.69, 9.17) is 14.2 Å². The molecule has 1 N–H and O–H groups in total. The van der Waals surface area contributed by atoms with Crippen LogP contribution in [-0.4, -0.2) is 54.6 Å². The molecule has 4 aromatic rings. The minimum atomic E-state index is -1.31. The number of aliphatic hydroxyl groups excluding tert-OH is 1. The number of benzene rings is 4. The van der Waals surface area contributed by atoms with Gasteiger partial charge in [-0.1, -0.05) is 78.9 Å². The molecule has 0 bridgehead atoms. The predicted molar refractivity (Wildman–Crippen MR) is 151 cm³/mol. The lowest BCUT2D eigenvalue weighted by Gasteiger charge is -2.43. The normalized spacial score (nSPS) is 19.0. The number of carbonyl (C=O) groups is 1. The lowest BCUT2D eigenvalue weighted by molar-refractivity contribution is -0.270. The molecule has 0 aliphatic carbocycles. The van der Waals surface area contributed by atoms with Crippen molar-refractivity contribution in [2.75, 3.05) is 26.3 Å². The number of nitrogens with zero attached hydrogens (tertiary/aromatic N) is 1. The molecule has 208 valence electrons. The van der Waals surface area contributed by atoms with Gasteiger partial charge in [-0.15, -0.1) is 0 Å². The van der Waals surface area contributed by atoms with Crippen molar-refractivity contribution in [2.45, 2.75) is 37.8 Å². The number of rotatable bonds is 11. The zero-order valence-corrected chi connectivity index (χ0v) is 22.4. The Balaban J connectivity index is 1.17. The van der Waals surface area contributed by atoms with Crippen LogP contribution in [0.15, 0.2) is 97.1 Å². The Hall–Kier alpha value is -3.91. The molecule has 1 aliphatic heterocycles. The van der Waals surface area contributed by atoms with Crippen LogP contribution in [0.1, 0.15) is 29.0 Å². The summed E-state index contributed by atoms with van der Waals surface area (Å²) in [5.41, 5.74) is 2.99. The van der Waals surface area contributed by atoms with E-state index in [9.17, 15) is 15.0 Å². The van der Waals surface area contributed by atoms with Gasteiger partial charge in [-0.2, -0.15) is 0 Å². The van der Waals surface area contributed by atoms with Crippen LogP contribution in [0, 0.1) is 0 Å². The molecule has 1 aliphatic rings. The van der Waals surface area contributed by atoms with Gasteiger partial charge in [0.25, 0.3) is 0 Å². The molecule has 7 nitrogen and oxygen atoms in total. The van der Waals surface area contributed by atoms with Crippen LogP contribution in [0.5, 0.6) is 5.75 Å². The highest BCUT2D eigenvalue weighted by Gasteiger charge is 2.38. The molecular formula is C33H34NO6-. The maximum atomic E-state index is 11.6. The smallest absolute Gasteiger partial charge is 0.137 e. The van der Waals surface area contributed by atoms with Gasteiger partial charge in [0.05, 0.1) is 38.6 Å². The molecule has 5 rings (SSSR count). The summed E-state index contributed by atoms with van der Waals surface area (Å²) in [6.45, 7) is 2.11. The first kappa shape index (κ1) is 27.6. The number of ether oxygens (including phenoxy) is 3. The third kappa shape index (κ3) is 7.18. The molecule has 0 radical (unpaired) electrons. The fourth-order valence-electron chi connectivity index (χ4n) is 5.17. The first-order valence-electron chi connectivity index (χ1n) is 13.6. The van der Waals surface area contributed by atoms with Crippen molar-refractivity contribution >= 4 is 16.9 Å². The van der Waals surface area contributed by atoms with E-state index in [-0.39, 0.29) is 13.1 Å². The number of piperidine rings is 1. The van der Waals surface area contributed by atoms with Gasteiger partial charge in [0.15, 0.2) is 0 Å². The molecule has 1 fully saturated rings. The highest BCUT2D eigenvalue weighted by molar-refractivity contribution is 5.82. The largest absolute Gasteiger partial charge is 0.530 e. The Bertz CT molecular complexity index is 1380. The third-order valence-electron chi connectivity index (χ3n) is 7.24. The zero-order chi connectivity index (χ0) is 27.7. The van der Waals surface area contributed by atoms with Crippen molar-refractivity contribution in [1.29, 1.82) is 0 Å². The van der Waals surface area contributed by atoms with Gasteiger partial charge in [-0.25, -0.2) is 0 Å². The second-order valence-electron chi connectivity index (χ2n) is 10.1. The highest BCUT2D eigenvalue weighted by atomic mass is 16.5. The van der Waals surface area contributed by atoms with E-state index >= 15 is 0 Å². The van der Waals surface area contributed by atoms with Crippen LogP contribution >= 0.6 is 0 Å². The molecule has 7 heteroatoms. The summed E-state index contributed by atoms with van der Waals surface area (Å²) < 4.78 is 17.8. The monoisotopic (exact) mass is 540 g/mol. The number of likely N-dealkylation sites (tertiary alicyclic amines) is 1. The van der Waals surface area contributed by atoms with Gasteiger partial charge >= 0.3 is 0 Å². The van der Waals surface area contributed by atoms with E-state index in [1.165, 1.54) is 0 Å². The van der Waals surface area contributed by atoms with Gasteiger partial charge in [0.1, 0.15) is 11.8 Å². The summed E-state index contributed by atoms with van der Waals surface area (Å²) in [5, 5.41) is 24.8. The molecule has 0 saturated carbocycles. The quantitative estimate of drug-likeness (QED) is 0.282. The minimum Gasteiger partial charge on any atom is -0.530 e. The number of fused-ring (bicyclic) bond motifs is 1. The number of hydrogen-bond acceptors (Lipinski definition) is 6.